The smallest absolute Gasteiger partial charge is 0.295 e. The Hall–Kier alpha value is -1.24. The Kier molecular flexibility index (Phi) is 3.57. The first-order valence-corrected chi connectivity index (χ1v) is 5.47. The third kappa shape index (κ3) is 4.20. The fourth-order valence-electron chi connectivity index (χ4n) is 0.978. The molecule has 0 atom stereocenters. The summed E-state index contributed by atoms with van der Waals surface area (Å²) in [5.74, 6) is -0.0720. The lowest BCUT2D eigenvalue weighted by molar-refractivity contribution is 0.101. The average molecular weight is 230 g/mol. The second-order valence-corrected chi connectivity index (χ2v) is 4.03. The topological polar surface area (TPSA) is 80.7 Å². The van der Waals surface area contributed by atoms with E-state index in [1.54, 1.807) is 24.3 Å². The van der Waals surface area contributed by atoms with E-state index in [1.807, 2.05) is 0 Å². The molecule has 0 radical (unpaired) electrons. The molecule has 0 fully saturated rings. The second kappa shape index (κ2) is 4.52. The molecule has 6 heteroatoms. The van der Waals surface area contributed by atoms with Crippen LogP contribution in [0.3, 0.4) is 0 Å². The van der Waals surface area contributed by atoms with Crippen LogP contribution in [0.4, 0.5) is 0 Å². The minimum atomic E-state index is -4.42. The summed E-state index contributed by atoms with van der Waals surface area (Å²) >= 11 is 0. The number of Topliss-reactive ketones (excluding diaryl/α,β-unsaturated/α-hetero) is 1. The highest BCUT2D eigenvalue weighted by Crippen LogP contribution is 2.07. The van der Waals surface area contributed by atoms with Crippen molar-refractivity contribution in [2.45, 2.75) is 13.5 Å². The lowest BCUT2D eigenvalue weighted by Crippen LogP contribution is -2.03. The van der Waals surface area contributed by atoms with Gasteiger partial charge in [0.1, 0.15) is 0 Å². The number of hydrogen-bond acceptors (Lipinski definition) is 4. The molecule has 0 bridgehead atoms. The van der Waals surface area contributed by atoms with Gasteiger partial charge in [-0.1, -0.05) is 24.3 Å². The first-order chi connectivity index (χ1) is 6.88. The molecule has 15 heavy (non-hydrogen) atoms. The van der Waals surface area contributed by atoms with Crippen molar-refractivity contribution in [2.24, 2.45) is 0 Å². The van der Waals surface area contributed by atoms with Crippen LogP contribution in [-0.4, -0.2) is 18.8 Å². The molecule has 0 saturated carbocycles. The van der Waals surface area contributed by atoms with Crippen molar-refractivity contribution in [2.75, 3.05) is 0 Å². The van der Waals surface area contributed by atoms with E-state index in [4.69, 9.17) is 4.55 Å². The first-order valence-electron chi connectivity index (χ1n) is 4.10. The summed E-state index contributed by atoms with van der Waals surface area (Å²) in [4.78, 5) is 10.9. The minimum Gasteiger partial charge on any atom is -0.295 e. The van der Waals surface area contributed by atoms with Gasteiger partial charge in [0.25, 0.3) is 0 Å². The van der Waals surface area contributed by atoms with Crippen LogP contribution in [0.5, 0.6) is 0 Å². The van der Waals surface area contributed by atoms with E-state index in [1.165, 1.54) is 6.92 Å². The van der Waals surface area contributed by atoms with Crippen LogP contribution in [0.2, 0.25) is 0 Å². The van der Waals surface area contributed by atoms with Crippen LogP contribution in [-0.2, 0) is 21.2 Å². The molecule has 1 aromatic rings. The van der Waals surface area contributed by atoms with E-state index in [0.717, 1.165) is 0 Å². The molecular weight excluding hydrogens is 220 g/mol. The molecule has 0 aliphatic heterocycles. The van der Waals surface area contributed by atoms with Gasteiger partial charge >= 0.3 is 10.4 Å². The van der Waals surface area contributed by atoms with E-state index in [0.29, 0.717) is 11.1 Å². The lowest BCUT2D eigenvalue weighted by atomic mass is 10.1. The number of rotatable bonds is 4. The molecule has 5 nitrogen and oxygen atoms in total. The van der Waals surface area contributed by atoms with Crippen LogP contribution in [0.25, 0.3) is 0 Å². The number of ketones is 1. The summed E-state index contributed by atoms with van der Waals surface area (Å²) in [6.45, 7) is 1.18. The van der Waals surface area contributed by atoms with Gasteiger partial charge in [-0.25, -0.2) is 4.18 Å². The van der Waals surface area contributed by atoms with Gasteiger partial charge in [-0.3, -0.25) is 9.35 Å². The summed E-state index contributed by atoms with van der Waals surface area (Å²) in [6, 6.07) is 6.24. The maximum absolute atomic E-state index is 10.9. The van der Waals surface area contributed by atoms with Gasteiger partial charge in [-0.15, -0.1) is 0 Å². The minimum absolute atomic E-state index is 0.0720. The van der Waals surface area contributed by atoms with Gasteiger partial charge in [-0.05, 0) is 12.5 Å². The SMILES string of the molecule is CC(=O)c1ccc(COS(=O)(=O)O)cc1. The summed E-state index contributed by atoms with van der Waals surface area (Å²) in [7, 11) is -4.42. The number of carbonyl (C=O) groups is 1. The van der Waals surface area contributed by atoms with E-state index in [-0.39, 0.29) is 12.4 Å². The normalized spacial score (nSPS) is 11.3. The van der Waals surface area contributed by atoms with Crippen molar-refractivity contribution in [1.29, 1.82) is 0 Å². The highest BCUT2D eigenvalue weighted by Gasteiger charge is 2.05. The second-order valence-electron chi connectivity index (χ2n) is 2.94. The van der Waals surface area contributed by atoms with Gasteiger partial charge in [0.15, 0.2) is 5.78 Å². The van der Waals surface area contributed by atoms with Crippen LogP contribution < -0.4 is 0 Å². The summed E-state index contributed by atoms with van der Waals surface area (Å²) in [6.07, 6.45) is 0. The Bertz CT molecular complexity index is 446. The van der Waals surface area contributed by atoms with E-state index in [9.17, 15) is 13.2 Å². The monoisotopic (exact) mass is 230 g/mol. The van der Waals surface area contributed by atoms with E-state index in [2.05, 4.69) is 4.18 Å². The standard InChI is InChI=1S/C9H10O5S/c1-7(10)9-4-2-8(3-5-9)6-14-15(11,12)13/h2-5H,6H2,1H3,(H,11,12,13). The van der Waals surface area contributed by atoms with Crippen LogP contribution in [0.1, 0.15) is 22.8 Å². The largest absolute Gasteiger partial charge is 0.397 e. The van der Waals surface area contributed by atoms with Crippen molar-refractivity contribution in [3.8, 4) is 0 Å². The Morgan fingerprint density at radius 3 is 2.27 bits per heavy atom. The molecule has 0 amide bonds. The molecule has 0 aromatic heterocycles. The van der Waals surface area contributed by atoms with Crippen molar-refractivity contribution in [3.63, 3.8) is 0 Å². The van der Waals surface area contributed by atoms with Gasteiger partial charge < -0.3 is 0 Å². The molecule has 0 aliphatic rings. The third-order valence-electron chi connectivity index (χ3n) is 1.73. The first kappa shape index (κ1) is 11.8. The molecule has 0 heterocycles. The van der Waals surface area contributed by atoms with E-state index >= 15 is 0 Å². The molecule has 0 aliphatic carbocycles. The zero-order chi connectivity index (χ0) is 11.5. The average Bonchev–Trinajstić information content (AvgIpc) is 2.14. The lowest BCUT2D eigenvalue weighted by Gasteiger charge is -2.01. The Labute approximate surface area is 87.6 Å². The summed E-state index contributed by atoms with van der Waals surface area (Å²) in [5, 5.41) is 0. The number of benzene rings is 1. The number of hydrogen-bond donors (Lipinski definition) is 1. The Morgan fingerprint density at radius 2 is 1.87 bits per heavy atom. The Balaban J connectivity index is 2.69. The summed E-state index contributed by atoms with van der Waals surface area (Å²) < 4.78 is 33.0. The van der Waals surface area contributed by atoms with Crippen LogP contribution in [0.15, 0.2) is 24.3 Å². The van der Waals surface area contributed by atoms with Crippen molar-refractivity contribution >= 4 is 16.2 Å². The zero-order valence-corrected chi connectivity index (χ0v) is 8.82. The maximum atomic E-state index is 10.9. The van der Waals surface area contributed by atoms with Gasteiger partial charge in [0, 0.05) is 5.56 Å². The third-order valence-corrected chi connectivity index (χ3v) is 2.15. The predicted molar refractivity (Wildman–Crippen MR) is 52.8 cm³/mol. The summed E-state index contributed by atoms with van der Waals surface area (Å²) in [5.41, 5.74) is 1.09. The van der Waals surface area contributed by atoms with Crippen molar-refractivity contribution < 1.29 is 21.9 Å². The highest BCUT2D eigenvalue weighted by atomic mass is 32.3. The maximum Gasteiger partial charge on any atom is 0.397 e. The molecule has 1 N–H and O–H groups in total. The zero-order valence-electron chi connectivity index (χ0n) is 8.00. The highest BCUT2D eigenvalue weighted by molar-refractivity contribution is 7.80. The molecule has 82 valence electrons. The van der Waals surface area contributed by atoms with E-state index < -0.39 is 10.4 Å². The molecule has 0 spiro atoms. The molecule has 1 rings (SSSR count). The van der Waals surface area contributed by atoms with Gasteiger partial charge in [0.05, 0.1) is 6.61 Å². The van der Waals surface area contributed by atoms with Crippen molar-refractivity contribution in [3.05, 3.63) is 35.4 Å². The molecule has 0 saturated heterocycles. The van der Waals surface area contributed by atoms with Gasteiger partial charge in [-0.2, -0.15) is 8.42 Å². The van der Waals surface area contributed by atoms with Crippen molar-refractivity contribution in [1.82, 2.24) is 0 Å². The quantitative estimate of drug-likeness (QED) is 0.621. The van der Waals surface area contributed by atoms with Crippen LogP contribution >= 0.6 is 0 Å². The molecule has 1 aromatic carbocycles. The predicted octanol–water partition coefficient (Wildman–Crippen LogP) is 1.21. The molecule has 0 unspecified atom stereocenters. The molecular formula is C9H10O5S. The fourth-order valence-corrected chi connectivity index (χ4v) is 1.26. The van der Waals surface area contributed by atoms with Crippen LogP contribution in [0, 0.1) is 0 Å². The fraction of sp³-hybridized carbons (Fsp3) is 0.222. The number of carbonyl (C=O) groups excluding carboxylic acids is 1. The van der Waals surface area contributed by atoms with Gasteiger partial charge in [0.2, 0.25) is 0 Å². The Morgan fingerprint density at radius 1 is 1.33 bits per heavy atom.